The zero-order chi connectivity index (χ0) is 11.9. The van der Waals surface area contributed by atoms with E-state index in [0.29, 0.717) is 5.92 Å². The predicted octanol–water partition coefficient (Wildman–Crippen LogP) is 3.24. The van der Waals surface area contributed by atoms with Crippen LogP contribution < -0.4 is 0 Å². The Hall–Kier alpha value is -1.05. The van der Waals surface area contributed by atoms with Crippen LogP contribution in [0, 0.1) is 11.3 Å². The lowest BCUT2D eigenvalue weighted by molar-refractivity contribution is -0.124. The third-order valence-corrected chi connectivity index (χ3v) is 4.09. The number of hydrogen-bond donors (Lipinski definition) is 0. The van der Waals surface area contributed by atoms with Crippen molar-refractivity contribution in [2.45, 2.75) is 40.0 Å². The van der Waals surface area contributed by atoms with Crippen LogP contribution >= 0.6 is 0 Å². The Morgan fingerprint density at radius 3 is 2.81 bits per heavy atom. The average molecular weight is 220 g/mol. The van der Waals surface area contributed by atoms with Crippen LogP contribution in [0.15, 0.2) is 23.0 Å². The number of rotatable bonds is 1. The molecular weight excluding hydrogens is 200 g/mol. The van der Waals surface area contributed by atoms with Gasteiger partial charge in [-0.05, 0) is 49.8 Å². The van der Waals surface area contributed by atoms with E-state index >= 15 is 0 Å². The van der Waals surface area contributed by atoms with Crippen molar-refractivity contribution in [2.75, 3.05) is 7.11 Å². The normalized spacial score (nSPS) is 34.6. The van der Waals surface area contributed by atoms with Crippen LogP contribution in [0.4, 0.5) is 0 Å². The van der Waals surface area contributed by atoms with Gasteiger partial charge in [-0.3, -0.25) is 4.79 Å². The molecule has 0 aromatic carbocycles. The summed E-state index contributed by atoms with van der Waals surface area (Å²) in [5.41, 5.74) is 1.75. The van der Waals surface area contributed by atoms with E-state index < -0.39 is 0 Å². The van der Waals surface area contributed by atoms with Crippen molar-refractivity contribution in [3.8, 4) is 0 Å². The highest BCUT2D eigenvalue weighted by atomic mass is 16.5. The summed E-state index contributed by atoms with van der Waals surface area (Å²) in [5.74, 6) is 1.67. The lowest BCUT2D eigenvalue weighted by Gasteiger charge is -2.42. The molecule has 1 fully saturated rings. The lowest BCUT2D eigenvalue weighted by Crippen LogP contribution is -2.39. The number of carbonyl (C=O) groups is 1. The molecule has 2 nitrogen and oxygen atoms in total. The van der Waals surface area contributed by atoms with Crippen molar-refractivity contribution in [1.29, 1.82) is 0 Å². The molecule has 0 radical (unpaired) electrons. The first-order chi connectivity index (χ1) is 7.50. The van der Waals surface area contributed by atoms with Crippen LogP contribution in [0.5, 0.6) is 0 Å². The summed E-state index contributed by atoms with van der Waals surface area (Å²) in [7, 11) is 1.70. The predicted molar refractivity (Wildman–Crippen MR) is 63.9 cm³/mol. The summed E-state index contributed by atoms with van der Waals surface area (Å²) in [6.07, 6.45) is 5.17. The highest BCUT2D eigenvalue weighted by Gasteiger charge is 2.45. The average Bonchev–Trinajstić information content (AvgIpc) is 2.24. The van der Waals surface area contributed by atoms with E-state index in [-0.39, 0.29) is 11.2 Å². The number of ketones is 1. The Labute approximate surface area is 97.4 Å². The minimum Gasteiger partial charge on any atom is -0.497 e. The highest BCUT2D eigenvalue weighted by molar-refractivity contribution is 6.03. The maximum Gasteiger partial charge on any atom is 0.168 e. The first kappa shape index (κ1) is 11.4. The molecular formula is C14H20O2. The van der Waals surface area contributed by atoms with Gasteiger partial charge in [0.1, 0.15) is 5.76 Å². The van der Waals surface area contributed by atoms with Crippen molar-refractivity contribution in [2.24, 2.45) is 11.3 Å². The molecule has 88 valence electrons. The van der Waals surface area contributed by atoms with Gasteiger partial charge in [-0.25, -0.2) is 0 Å². The number of ether oxygens (including phenoxy) is 1. The van der Waals surface area contributed by atoms with E-state index in [1.165, 1.54) is 5.57 Å². The maximum atomic E-state index is 12.3. The molecule has 2 rings (SSSR count). The molecule has 2 heteroatoms. The minimum absolute atomic E-state index is 0.287. The smallest absolute Gasteiger partial charge is 0.168 e. The molecule has 2 atom stereocenters. The van der Waals surface area contributed by atoms with E-state index in [4.69, 9.17) is 4.74 Å². The standard InChI is InChI=1S/C14H20O2/c1-9-6-5-7-14(3)12(9)11(16-4)8-10(2)13(14)15/h8-9H,5-7H2,1-4H3/t9-,14+/m0/s1. The zero-order valence-electron chi connectivity index (χ0n) is 10.6. The molecule has 0 unspecified atom stereocenters. The van der Waals surface area contributed by atoms with Crippen LogP contribution in [-0.2, 0) is 9.53 Å². The fourth-order valence-corrected chi connectivity index (χ4v) is 3.28. The van der Waals surface area contributed by atoms with Crippen molar-refractivity contribution in [1.82, 2.24) is 0 Å². The largest absolute Gasteiger partial charge is 0.497 e. The van der Waals surface area contributed by atoms with Crippen LogP contribution in [0.3, 0.4) is 0 Å². The summed E-state index contributed by atoms with van der Waals surface area (Å²) >= 11 is 0. The van der Waals surface area contributed by atoms with E-state index in [1.54, 1.807) is 7.11 Å². The zero-order valence-corrected chi connectivity index (χ0v) is 10.6. The second-order valence-corrected chi connectivity index (χ2v) is 5.26. The van der Waals surface area contributed by atoms with Crippen LogP contribution in [-0.4, -0.2) is 12.9 Å². The second kappa shape index (κ2) is 3.76. The Morgan fingerprint density at radius 2 is 2.19 bits per heavy atom. The number of fused-ring (bicyclic) bond motifs is 1. The molecule has 2 aliphatic rings. The SMILES string of the molecule is COC1=C2[C@@H](C)CCC[C@@]2(C)C(=O)C(C)=C1. The van der Waals surface area contributed by atoms with Gasteiger partial charge in [-0.15, -0.1) is 0 Å². The molecule has 0 aliphatic heterocycles. The molecule has 0 heterocycles. The number of methoxy groups -OCH3 is 1. The van der Waals surface area contributed by atoms with Gasteiger partial charge in [0.05, 0.1) is 12.5 Å². The first-order valence-corrected chi connectivity index (χ1v) is 6.02. The van der Waals surface area contributed by atoms with Crippen LogP contribution in [0.25, 0.3) is 0 Å². The molecule has 0 amide bonds. The molecule has 0 saturated heterocycles. The topological polar surface area (TPSA) is 26.3 Å². The molecule has 16 heavy (non-hydrogen) atoms. The number of hydrogen-bond acceptors (Lipinski definition) is 2. The Kier molecular flexibility index (Phi) is 2.69. The summed E-state index contributed by atoms with van der Waals surface area (Å²) in [5, 5.41) is 0. The van der Waals surface area contributed by atoms with Crippen molar-refractivity contribution < 1.29 is 9.53 Å². The second-order valence-electron chi connectivity index (χ2n) is 5.26. The molecule has 0 aromatic rings. The van der Waals surface area contributed by atoms with Crippen molar-refractivity contribution in [3.63, 3.8) is 0 Å². The van der Waals surface area contributed by atoms with E-state index in [1.807, 2.05) is 13.0 Å². The summed E-state index contributed by atoms with van der Waals surface area (Å²) in [6, 6.07) is 0. The van der Waals surface area contributed by atoms with E-state index in [0.717, 1.165) is 30.6 Å². The number of allylic oxidation sites excluding steroid dienone is 3. The minimum atomic E-state index is -0.304. The van der Waals surface area contributed by atoms with E-state index in [9.17, 15) is 4.79 Å². The number of carbonyl (C=O) groups excluding carboxylic acids is 1. The Morgan fingerprint density at radius 1 is 1.50 bits per heavy atom. The fraction of sp³-hybridized carbons (Fsp3) is 0.643. The third kappa shape index (κ3) is 1.43. The highest BCUT2D eigenvalue weighted by Crippen LogP contribution is 2.49. The van der Waals surface area contributed by atoms with Crippen molar-refractivity contribution >= 4 is 5.78 Å². The van der Waals surface area contributed by atoms with Gasteiger partial charge >= 0.3 is 0 Å². The Balaban J connectivity index is 2.59. The molecule has 0 N–H and O–H groups in total. The maximum absolute atomic E-state index is 12.3. The first-order valence-electron chi connectivity index (χ1n) is 6.02. The van der Waals surface area contributed by atoms with Gasteiger partial charge in [-0.1, -0.05) is 13.3 Å². The summed E-state index contributed by atoms with van der Waals surface area (Å²) < 4.78 is 5.47. The van der Waals surface area contributed by atoms with Gasteiger partial charge < -0.3 is 4.74 Å². The lowest BCUT2D eigenvalue weighted by atomic mass is 9.61. The van der Waals surface area contributed by atoms with E-state index in [2.05, 4.69) is 13.8 Å². The molecule has 0 spiro atoms. The molecule has 0 aromatic heterocycles. The summed E-state index contributed by atoms with van der Waals surface area (Å²) in [4.78, 5) is 12.3. The summed E-state index contributed by atoms with van der Waals surface area (Å²) in [6.45, 7) is 6.17. The molecule has 2 aliphatic carbocycles. The van der Waals surface area contributed by atoms with Gasteiger partial charge in [0, 0.05) is 0 Å². The molecule has 0 bridgehead atoms. The quantitative estimate of drug-likeness (QED) is 0.678. The Bertz CT molecular complexity index is 390. The van der Waals surface area contributed by atoms with Gasteiger partial charge in [0.2, 0.25) is 0 Å². The van der Waals surface area contributed by atoms with Crippen LogP contribution in [0.1, 0.15) is 40.0 Å². The monoisotopic (exact) mass is 220 g/mol. The van der Waals surface area contributed by atoms with Crippen molar-refractivity contribution in [3.05, 3.63) is 23.0 Å². The van der Waals surface area contributed by atoms with Gasteiger partial charge in [0.15, 0.2) is 5.78 Å². The van der Waals surface area contributed by atoms with Gasteiger partial charge in [-0.2, -0.15) is 0 Å². The van der Waals surface area contributed by atoms with Gasteiger partial charge in [0.25, 0.3) is 0 Å². The third-order valence-electron chi connectivity index (χ3n) is 4.09. The number of Topliss-reactive ketones (excluding diaryl/α,β-unsaturated/α-hetero) is 1. The van der Waals surface area contributed by atoms with Crippen LogP contribution in [0.2, 0.25) is 0 Å². The fourth-order valence-electron chi connectivity index (χ4n) is 3.28. The molecule has 1 saturated carbocycles.